The normalized spacial score (nSPS) is 13.0. The molecule has 0 aliphatic heterocycles. The van der Waals surface area contributed by atoms with Gasteiger partial charge in [-0.3, -0.25) is 0 Å². The molecule has 5 aromatic rings. The third-order valence-corrected chi connectivity index (χ3v) is 18.3. The molecule has 45 heavy (non-hydrogen) atoms. The van der Waals surface area contributed by atoms with Crippen molar-refractivity contribution in [3.63, 3.8) is 0 Å². The maximum atomic E-state index is 12.1. The summed E-state index contributed by atoms with van der Waals surface area (Å²) in [5, 5.41) is 0. The Hall–Kier alpha value is -2.21. The van der Waals surface area contributed by atoms with Crippen LogP contribution < -0.4 is 28.0 Å². The van der Waals surface area contributed by atoms with Crippen molar-refractivity contribution in [2.24, 2.45) is 0 Å². The molecular weight excluding hydrogens is 774 g/mol. The summed E-state index contributed by atoms with van der Waals surface area (Å²) >= 11 is -1.66. The van der Waals surface area contributed by atoms with E-state index in [0.29, 0.717) is 18.3 Å². The van der Waals surface area contributed by atoms with Gasteiger partial charge in [-0.1, -0.05) is 36.4 Å². The molecule has 0 radical (unpaired) electrons. The van der Waals surface area contributed by atoms with Crippen LogP contribution in [0.4, 0.5) is 0 Å². The van der Waals surface area contributed by atoms with Gasteiger partial charge in [-0.15, -0.1) is 0 Å². The van der Waals surface area contributed by atoms with Crippen LogP contribution in [0, 0.1) is 41.5 Å². The molecule has 0 heterocycles. The number of hydrogen-bond acceptors (Lipinski definition) is 9. The third-order valence-electron chi connectivity index (χ3n) is 6.58. The van der Waals surface area contributed by atoms with Gasteiger partial charge in [-0.25, -0.2) is 0 Å². The number of halogens is 3. The van der Waals surface area contributed by atoms with Crippen LogP contribution in [0.3, 0.4) is 0 Å². The van der Waals surface area contributed by atoms with E-state index < -0.39 is 51.0 Å². The van der Waals surface area contributed by atoms with Gasteiger partial charge in [0, 0.05) is 0 Å². The van der Waals surface area contributed by atoms with Gasteiger partial charge in [0.1, 0.15) is 0 Å². The monoisotopic (exact) mass is 800 g/mol. The molecule has 0 spiro atoms. The minimum atomic E-state index is -4.79. The Morgan fingerprint density at radius 1 is 0.556 bits per heavy atom. The van der Waals surface area contributed by atoms with Crippen LogP contribution >= 0.6 is 42.3 Å². The molecule has 0 atom stereocenters. The first-order valence-electron chi connectivity index (χ1n) is 13.2. The Kier molecular flexibility index (Phi) is 10.8. The number of hydrogen-bond donors (Lipinski definition) is 0. The Labute approximate surface area is 279 Å². The van der Waals surface area contributed by atoms with Crippen molar-refractivity contribution in [1.82, 2.24) is 0 Å². The van der Waals surface area contributed by atoms with E-state index in [1.54, 1.807) is 91.0 Å². The molecule has 5 rings (SSSR count). The van der Waals surface area contributed by atoms with E-state index in [9.17, 15) is 28.0 Å². The number of rotatable bonds is 11. The van der Waals surface area contributed by atoms with Gasteiger partial charge in [-0.05, 0) is 0 Å². The van der Waals surface area contributed by atoms with Crippen molar-refractivity contribution in [2.75, 3.05) is 0 Å². The van der Waals surface area contributed by atoms with Crippen LogP contribution in [0.15, 0.2) is 152 Å². The standard InChI is InChI=1S/C32H27Cl2IO8S2/c1-24-10-9-15-32(25(24)2)35(42-33(36,37)38)26-16-18-27(19-17-26)44-28-20-22-31(23-21-28)45(43-34(39,40)41,29-11-5-3-6-12-29)30-13-7-4-8-14-30/h3-23H,1-2H3. The van der Waals surface area contributed by atoms with Gasteiger partial charge in [0.25, 0.3) is 0 Å². The van der Waals surface area contributed by atoms with E-state index in [0.717, 1.165) is 24.5 Å². The predicted octanol–water partition coefficient (Wildman–Crippen LogP) is 2.94. The van der Waals surface area contributed by atoms with Crippen molar-refractivity contribution >= 4 is 42.3 Å². The van der Waals surface area contributed by atoms with Gasteiger partial charge in [0.05, 0.1) is 0 Å². The zero-order valence-corrected chi connectivity index (χ0v) is 29.1. The molecule has 8 nitrogen and oxygen atoms in total. The molecule has 0 unspecified atom stereocenters. The fourth-order valence-electron chi connectivity index (χ4n) is 4.47. The predicted molar refractivity (Wildman–Crippen MR) is 162 cm³/mol. The van der Waals surface area contributed by atoms with Crippen molar-refractivity contribution in [3.8, 4) is 0 Å². The average Bonchev–Trinajstić information content (AvgIpc) is 3.01. The van der Waals surface area contributed by atoms with Gasteiger partial charge < -0.3 is 0 Å². The first-order valence-corrected chi connectivity index (χ1v) is 21.0. The van der Waals surface area contributed by atoms with E-state index in [2.05, 4.69) is 0 Å². The van der Waals surface area contributed by atoms with Crippen molar-refractivity contribution < 1.29 is 54.8 Å². The maximum absolute atomic E-state index is 12.1. The molecule has 0 aromatic heterocycles. The molecule has 0 aliphatic carbocycles. The second-order valence-corrected chi connectivity index (χ2v) is 20.2. The van der Waals surface area contributed by atoms with Crippen LogP contribution in [-0.2, 0) is 6.35 Å². The van der Waals surface area contributed by atoms with Crippen molar-refractivity contribution in [2.45, 2.75) is 38.3 Å². The van der Waals surface area contributed by atoms with E-state index >= 15 is 0 Å². The van der Waals surface area contributed by atoms with Crippen molar-refractivity contribution in [1.29, 1.82) is 0 Å². The quantitative estimate of drug-likeness (QED) is 0.183. The Morgan fingerprint density at radius 3 is 1.53 bits per heavy atom. The summed E-state index contributed by atoms with van der Waals surface area (Å²) in [5.41, 5.74) is 1.86. The molecule has 0 saturated carbocycles. The molecule has 0 N–H and O–H groups in total. The van der Waals surface area contributed by atoms with Gasteiger partial charge in [0.2, 0.25) is 0 Å². The third kappa shape index (κ3) is 8.39. The summed E-state index contributed by atoms with van der Waals surface area (Å²) < 4.78 is 83.1. The average molecular weight is 802 g/mol. The Balaban J connectivity index is 1.46. The molecular formula is C32H27Cl2IO8S2. The van der Waals surface area contributed by atoms with Gasteiger partial charge >= 0.3 is 231 Å². The molecule has 13 heteroatoms. The zero-order chi connectivity index (χ0) is 32.2. The molecule has 236 valence electrons. The first-order chi connectivity index (χ1) is 21.4. The van der Waals surface area contributed by atoms with E-state index in [-0.39, 0.29) is 0 Å². The summed E-state index contributed by atoms with van der Waals surface area (Å²) in [6.45, 7) is 3.79. The molecule has 0 bridgehead atoms. The zero-order valence-electron chi connectivity index (χ0n) is 23.8. The summed E-state index contributed by atoms with van der Waals surface area (Å²) in [7, 11) is -12.4. The fourth-order valence-corrected chi connectivity index (χ4v) is 15.5. The van der Waals surface area contributed by atoms with Gasteiger partial charge in [-0.2, -0.15) is 14.0 Å². The second-order valence-electron chi connectivity index (χ2n) is 9.52. The molecule has 0 saturated heterocycles. The molecule has 0 aliphatic rings. The van der Waals surface area contributed by atoms with E-state index in [1.165, 1.54) is 11.8 Å². The van der Waals surface area contributed by atoms with Crippen LogP contribution in [0.25, 0.3) is 0 Å². The van der Waals surface area contributed by atoms with E-state index in [4.69, 9.17) is 6.35 Å². The second kappa shape index (κ2) is 14.3. The number of aryl methyl sites for hydroxylation is 1. The summed E-state index contributed by atoms with van der Waals surface area (Å²) in [5.74, 6) is 0. The van der Waals surface area contributed by atoms with Crippen molar-refractivity contribution in [3.05, 3.63) is 146 Å². The van der Waals surface area contributed by atoms with Crippen LogP contribution in [-0.4, -0.2) is 0 Å². The molecule has 0 fully saturated rings. The molecule has 0 amide bonds. The molecule has 5 aromatic carbocycles. The van der Waals surface area contributed by atoms with E-state index in [1.807, 2.05) is 50.2 Å². The van der Waals surface area contributed by atoms with Gasteiger partial charge in [0.15, 0.2) is 0 Å². The Bertz CT molecular complexity index is 1680. The fraction of sp³-hybridized carbons (Fsp3) is 0.0625. The topological polar surface area (TPSA) is 157 Å². The first kappa shape index (κ1) is 34.1. The summed E-state index contributed by atoms with van der Waals surface area (Å²) in [4.78, 5) is 3.27. The summed E-state index contributed by atoms with van der Waals surface area (Å²) in [6, 6.07) is 37.5. The van der Waals surface area contributed by atoms with Crippen LogP contribution in [0.1, 0.15) is 11.1 Å². The minimum absolute atomic E-state index is 0.518. The summed E-state index contributed by atoms with van der Waals surface area (Å²) in [6.07, 6.45) is 0. The SMILES string of the molecule is Cc1cccc(I(O[Cl+3]([O-])([O-])[O-])c2ccc(Sc3ccc(S(O[Cl+3]([O-])([O-])[O-])(c4ccccc4)c4ccccc4)cc3)cc2)c1C. The van der Waals surface area contributed by atoms with Crippen LogP contribution in [0.5, 0.6) is 0 Å². The Morgan fingerprint density at radius 2 is 1.04 bits per heavy atom. The number of benzene rings is 5. The van der Waals surface area contributed by atoms with Crippen LogP contribution in [0.2, 0.25) is 0 Å².